The summed E-state index contributed by atoms with van der Waals surface area (Å²) >= 11 is 0. The second kappa shape index (κ2) is 7.97. The smallest absolute Gasteiger partial charge is 0.279 e. The monoisotopic (exact) mass is 337 g/mol. The summed E-state index contributed by atoms with van der Waals surface area (Å²) in [5.41, 5.74) is 1.13. The van der Waals surface area contributed by atoms with Crippen molar-refractivity contribution in [2.24, 2.45) is 5.92 Å². The molecule has 1 amide bonds. The van der Waals surface area contributed by atoms with Crippen LogP contribution in [0.2, 0.25) is 0 Å². The van der Waals surface area contributed by atoms with E-state index in [1.165, 1.54) is 18.2 Å². The average molecular weight is 337 g/mol. The number of carbonyl (C=O) groups excluding carboxylic acids is 1. The first-order chi connectivity index (χ1) is 11.4. The Bertz CT molecular complexity index is 702. The minimum atomic E-state index is -1.01. The number of nitrogens with one attached hydrogen (secondary N) is 1. The Morgan fingerprint density at radius 1 is 1.04 bits per heavy atom. The lowest BCUT2D eigenvalue weighted by Crippen LogP contribution is -2.88. The minimum absolute atomic E-state index is 0.0127. The van der Waals surface area contributed by atoms with Crippen LogP contribution in [0.5, 0.6) is 0 Å². The molecule has 0 radical (unpaired) electrons. The summed E-state index contributed by atoms with van der Waals surface area (Å²) < 4.78 is 39.1. The molecule has 2 aromatic rings. The van der Waals surface area contributed by atoms with Crippen molar-refractivity contribution in [1.29, 1.82) is 0 Å². The molecule has 6 heteroatoms. The standard InChI is InChI=1S/C18H19F3N2O/c1-11(2)18(12-3-5-13(19)6-4-12)22-10-17(24)23-14-7-8-15(20)16(21)9-14/h3-9,11,18,22H,10H2,1-2H3,(H,23,24)/p+1/t18-/m0/s1. The van der Waals surface area contributed by atoms with Crippen molar-refractivity contribution >= 4 is 11.6 Å². The topological polar surface area (TPSA) is 45.7 Å². The highest BCUT2D eigenvalue weighted by molar-refractivity contribution is 5.91. The summed E-state index contributed by atoms with van der Waals surface area (Å²) in [5, 5.41) is 4.37. The van der Waals surface area contributed by atoms with Crippen LogP contribution in [0, 0.1) is 23.4 Å². The van der Waals surface area contributed by atoms with Crippen molar-refractivity contribution < 1.29 is 23.3 Å². The fraction of sp³-hybridized carbons (Fsp3) is 0.278. The predicted molar refractivity (Wildman–Crippen MR) is 85.8 cm³/mol. The lowest BCUT2D eigenvalue weighted by atomic mass is 9.96. The van der Waals surface area contributed by atoms with Gasteiger partial charge in [-0.05, 0) is 24.3 Å². The Kier molecular flexibility index (Phi) is 5.98. The van der Waals surface area contributed by atoms with Crippen LogP contribution in [0.3, 0.4) is 0 Å². The van der Waals surface area contributed by atoms with E-state index in [9.17, 15) is 18.0 Å². The van der Waals surface area contributed by atoms with Gasteiger partial charge in [-0.2, -0.15) is 0 Å². The Hall–Kier alpha value is -2.34. The first-order valence-corrected chi connectivity index (χ1v) is 7.70. The van der Waals surface area contributed by atoms with Crippen molar-refractivity contribution in [2.45, 2.75) is 19.9 Å². The molecule has 0 bridgehead atoms. The van der Waals surface area contributed by atoms with Gasteiger partial charge < -0.3 is 10.6 Å². The molecule has 24 heavy (non-hydrogen) atoms. The van der Waals surface area contributed by atoms with Gasteiger partial charge in [0, 0.05) is 23.2 Å². The highest BCUT2D eigenvalue weighted by Crippen LogP contribution is 2.18. The number of halogens is 3. The zero-order valence-corrected chi connectivity index (χ0v) is 13.5. The van der Waals surface area contributed by atoms with Gasteiger partial charge in [0.25, 0.3) is 5.91 Å². The fourth-order valence-electron chi connectivity index (χ4n) is 2.50. The normalized spacial score (nSPS) is 12.2. The van der Waals surface area contributed by atoms with Crippen LogP contribution in [0.25, 0.3) is 0 Å². The predicted octanol–water partition coefficient (Wildman–Crippen LogP) is 3.00. The van der Waals surface area contributed by atoms with Crippen LogP contribution in [0.1, 0.15) is 25.5 Å². The maximum atomic E-state index is 13.1. The second-order valence-corrected chi connectivity index (χ2v) is 5.94. The maximum absolute atomic E-state index is 13.1. The van der Waals surface area contributed by atoms with Crippen molar-refractivity contribution in [3.63, 3.8) is 0 Å². The van der Waals surface area contributed by atoms with Gasteiger partial charge in [0.15, 0.2) is 18.2 Å². The fourth-order valence-corrected chi connectivity index (χ4v) is 2.50. The van der Waals surface area contributed by atoms with Crippen LogP contribution in [-0.4, -0.2) is 12.5 Å². The summed E-state index contributed by atoms with van der Waals surface area (Å²) in [7, 11) is 0. The molecule has 128 valence electrons. The Balaban J connectivity index is 1.97. The number of hydrogen-bond donors (Lipinski definition) is 2. The lowest BCUT2D eigenvalue weighted by molar-refractivity contribution is -0.692. The molecule has 3 N–H and O–H groups in total. The maximum Gasteiger partial charge on any atom is 0.279 e. The average Bonchev–Trinajstić information content (AvgIpc) is 2.52. The van der Waals surface area contributed by atoms with Crippen LogP contribution in [-0.2, 0) is 4.79 Å². The molecule has 0 saturated heterocycles. The number of benzene rings is 2. The molecule has 0 fully saturated rings. The molecule has 0 aliphatic heterocycles. The zero-order chi connectivity index (χ0) is 17.7. The van der Waals surface area contributed by atoms with Gasteiger partial charge in [-0.15, -0.1) is 0 Å². The molecule has 0 spiro atoms. The highest BCUT2D eigenvalue weighted by atomic mass is 19.2. The van der Waals surface area contributed by atoms with E-state index < -0.39 is 11.6 Å². The SMILES string of the molecule is CC(C)[C@H]([NH2+]CC(=O)Nc1ccc(F)c(F)c1)c1ccc(F)cc1. The van der Waals surface area contributed by atoms with E-state index >= 15 is 0 Å². The first-order valence-electron chi connectivity index (χ1n) is 7.70. The highest BCUT2D eigenvalue weighted by Gasteiger charge is 2.20. The van der Waals surface area contributed by atoms with Gasteiger partial charge in [-0.3, -0.25) is 4.79 Å². The molecule has 0 heterocycles. The molecule has 0 aliphatic rings. The summed E-state index contributed by atoms with van der Waals surface area (Å²) in [4.78, 5) is 12.0. The zero-order valence-electron chi connectivity index (χ0n) is 13.5. The molecule has 0 saturated carbocycles. The number of anilines is 1. The molecular weight excluding hydrogens is 317 g/mol. The summed E-state index contributed by atoms with van der Waals surface area (Å²) in [6, 6.07) is 9.36. The molecule has 0 unspecified atom stereocenters. The van der Waals surface area contributed by atoms with E-state index in [0.717, 1.165) is 17.7 Å². The van der Waals surface area contributed by atoms with Crippen LogP contribution >= 0.6 is 0 Å². The van der Waals surface area contributed by atoms with E-state index in [4.69, 9.17) is 0 Å². The number of nitrogens with two attached hydrogens (primary N) is 1. The van der Waals surface area contributed by atoms with E-state index in [-0.39, 0.29) is 35.9 Å². The summed E-state index contributed by atoms with van der Waals surface area (Å²) in [6.45, 7) is 4.13. The minimum Gasteiger partial charge on any atom is -0.332 e. The van der Waals surface area contributed by atoms with E-state index in [1.54, 1.807) is 12.1 Å². The Labute approximate surface area is 138 Å². The summed E-state index contributed by atoms with van der Waals surface area (Å²) in [6.07, 6.45) is 0. The van der Waals surface area contributed by atoms with Crippen molar-refractivity contribution in [1.82, 2.24) is 0 Å². The van der Waals surface area contributed by atoms with Gasteiger partial charge >= 0.3 is 0 Å². The molecule has 2 aromatic carbocycles. The third kappa shape index (κ3) is 4.83. The quantitative estimate of drug-likeness (QED) is 0.836. The number of amides is 1. The molecular formula is C18H20F3N2O+. The van der Waals surface area contributed by atoms with Gasteiger partial charge in [0.05, 0.1) is 0 Å². The third-order valence-corrected chi connectivity index (χ3v) is 3.73. The van der Waals surface area contributed by atoms with Crippen molar-refractivity contribution in [3.05, 3.63) is 65.5 Å². The van der Waals surface area contributed by atoms with Crippen molar-refractivity contribution in [2.75, 3.05) is 11.9 Å². The van der Waals surface area contributed by atoms with Gasteiger partial charge in [0.2, 0.25) is 0 Å². The Morgan fingerprint density at radius 3 is 2.29 bits per heavy atom. The first kappa shape index (κ1) is 18.0. The largest absolute Gasteiger partial charge is 0.332 e. The van der Waals surface area contributed by atoms with Crippen LogP contribution in [0.15, 0.2) is 42.5 Å². The Morgan fingerprint density at radius 2 is 1.71 bits per heavy atom. The molecule has 1 atom stereocenters. The van der Waals surface area contributed by atoms with Gasteiger partial charge in [-0.1, -0.05) is 26.0 Å². The lowest BCUT2D eigenvalue weighted by Gasteiger charge is -2.19. The van der Waals surface area contributed by atoms with Gasteiger partial charge in [-0.25, -0.2) is 13.2 Å². The molecule has 0 aliphatic carbocycles. The van der Waals surface area contributed by atoms with E-state index in [2.05, 4.69) is 5.32 Å². The van der Waals surface area contributed by atoms with E-state index in [0.29, 0.717) is 0 Å². The van der Waals surface area contributed by atoms with Crippen LogP contribution < -0.4 is 10.6 Å². The number of quaternary nitrogens is 1. The van der Waals surface area contributed by atoms with Crippen molar-refractivity contribution in [3.8, 4) is 0 Å². The second-order valence-electron chi connectivity index (χ2n) is 5.94. The molecule has 0 aromatic heterocycles. The molecule has 2 rings (SSSR count). The molecule has 3 nitrogen and oxygen atoms in total. The third-order valence-electron chi connectivity index (χ3n) is 3.73. The van der Waals surface area contributed by atoms with E-state index in [1.807, 2.05) is 19.2 Å². The van der Waals surface area contributed by atoms with Crippen LogP contribution in [0.4, 0.5) is 18.9 Å². The number of hydrogen-bond acceptors (Lipinski definition) is 1. The number of rotatable bonds is 6. The number of carbonyl (C=O) groups is 1. The summed E-state index contributed by atoms with van der Waals surface area (Å²) in [5.74, 6) is -2.38. The van der Waals surface area contributed by atoms with Gasteiger partial charge in [0.1, 0.15) is 11.9 Å².